The molecule has 0 N–H and O–H groups in total. The predicted molar refractivity (Wildman–Crippen MR) is 82.1 cm³/mol. The SMILES string of the molecule is CCCCCCC[CH2][Pb][CH2]CCCCCCC. The molecule has 17 heavy (non-hydrogen) atoms. The number of unbranched alkanes of at least 4 members (excludes halogenated alkanes) is 10. The Morgan fingerprint density at radius 1 is 0.471 bits per heavy atom. The zero-order chi connectivity index (χ0) is 12.6. The molecule has 0 fully saturated rings. The van der Waals surface area contributed by atoms with E-state index in [0.717, 1.165) is 0 Å². The van der Waals surface area contributed by atoms with Crippen molar-refractivity contribution in [1.82, 2.24) is 0 Å². The molecule has 0 saturated heterocycles. The van der Waals surface area contributed by atoms with Crippen LogP contribution in [0.4, 0.5) is 0 Å². The van der Waals surface area contributed by atoms with E-state index in [-0.39, 0.29) is 24.2 Å². The van der Waals surface area contributed by atoms with Crippen molar-refractivity contribution in [3.63, 3.8) is 0 Å². The van der Waals surface area contributed by atoms with E-state index >= 15 is 0 Å². The quantitative estimate of drug-likeness (QED) is 0.224. The maximum atomic E-state index is 2.30. The third kappa shape index (κ3) is 16.9. The molecule has 0 aromatic heterocycles. The molecule has 0 rings (SSSR count). The van der Waals surface area contributed by atoms with Crippen LogP contribution < -0.4 is 0 Å². The van der Waals surface area contributed by atoms with Crippen LogP contribution >= 0.6 is 0 Å². The summed E-state index contributed by atoms with van der Waals surface area (Å²) in [5.74, 6) is 0. The second-order valence-electron chi connectivity index (χ2n) is 5.29. The third-order valence-corrected chi connectivity index (χ3v) is 8.91. The molecular formula is C16H34Pb. The van der Waals surface area contributed by atoms with Crippen LogP contribution in [0.2, 0.25) is 7.96 Å². The normalized spacial score (nSPS) is 10.9. The Kier molecular flexibility index (Phi) is 17.8. The maximum absolute atomic E-state index is 2.30. The first-order valence-corrected chi connectivity index (χ1v) is 13.6. The molecule has 0 aliphatic heterocycles. The van der Waals surface area contributed by atoms with Gasteiger partial charge in [0, 0.05) is 0 Å². The molecular weight excluding hydrogens is 399 g/mol. The predicted octanol–water partition coefficient (Wildman–Crippen LogP) is 6.25. The van der Waals surface area contributed by atoms with Crippen LogP contribution in [0.25, 0.3) is 0 Å². The van der Waals surface area contributed by atoms with Gasteiger partial charge >= 0.3 is 123 Å². The molecule has 0 bridgehead atoms. The van der Waals surface area contributed by atoms with Gasteiger partial charge in [-0.15, -0.1) is 0 Å². The van der Waals surface area contributed by atoms with E-state index in [9.17, 15) is 0 Å². The summed E-state index contributed by atoms with van der Waals surface area (Å²) in [6.07, 6.45) is 17.9. The first-order valence-electron chi connectivity index (χ1n) is 8.12. The zero-order valence-corrected chi connectivity index (χ0v) is 16.3. The van der Waals surface area contributed by atoms with Gasteiger partial charge in [-0.05, 0) is 0 Å². The van der Waals surface area contributed by atoms with E-state index in [1.54, 1.807) is 20.8 Å². The molecule has 0 amide bonds. The van der Waals surface area contributed by atoms with E-state index in [2.05, 4.69) is 13.8 Å². The van der Waals surface area contributed by atoms with E-state index in [4.69, 9.17) is 0 Å². The summed E-state index contributed by atoms with van der Waals surface area (Å²) in [7, 11) is 0. The minimum atomic E-state index is -0.130. The van der Waals surface area contributed by atoms with Crippen molar-refractivity contribution in [1.29, 1.82) is 0 Å². The standard InChI is InChI=1S/2C8H17.Pb/c2*1-3-5-7-8-6-4-2;/h2*1,3-8H2,2H3;. The second kappa shape index (κ2) is 16.9. The molecule has 0 spiro atoms. The summed E-state index contributed by atoms with van der Waals surface area (Å²) < 4.78 is 3.36. The van der Waals surface area contributed by atoms with Crippen LogP contribution in [0, 0.1) is 0 Å². The average molecular weight is 434 g/mol. The van der Waals surface area contributed by atoms with Crippen molar-refractivity contribution in [3.8, 4) is 0 Å². The van der Waals surface area contributed by atoms with E-state index in [1.807, 2.05) is 0 Å². The van der Waals surface area contributed by atoms with E-state index < -0.39 is 0 Å². The number of hydrogen-bond donors (Lipinski definition) is 0. The van der Waals surface area contributed by atoms with Crippen LogP contribution in [-0.2, 0) is 0 Å². The number of rotatable bonds is 14. The zero-order valence-electron chi connectivity index (χ0n) is 12.4. The Labute approximate surface area is 123 Å². The molecule has 0 atom stereocenters. The van der Waals surface area contributed by atoms with Crippen molar-refractivity contribution >= 4 is 24.2 Å². The van der Waals surface area contributed by atoms with Crippen LogP contribution in [0.1, 0.15) is 90.9 Å². The van der Waals surface area contributed by atoms with Gasteiger partial charge in [0.05, 0.1) is 0 Å². The Hall–Kier alpha value is 0.922. The fraction of sp³-hybridized carbons (Fsp3) is 1.00. The van der Waals surface area contributed by atoms with Crippen molar-refractivity contribution in [2.24, 2.45) is 0 Å². The van der Waals surface area contributed by atoms with Crippen LogP contribution in [-0.4, -0.2) is 24.2 Å². The molecule has 0 heterocycles. The molecule has 0 aromatic rings. The van der Waals surface area contributed by atoms with Gasteiger partial charge in [-0.2, -0.15) is 0 Å². The first kappa shape index (κ1) is 17.9. The van der Waals surface area contributed by atoms with Gasteiger partial charge in [-0.1, -0.05) is 0 Å². The van der Waals surface area contributed by atoms with Crippen molar-refractivity contribution in [2.75, 3.05) is 0 Å². The molecule has 0 unspecified atom stereocenters. The van der Waals surface area contributed by atoms with Gasteiger partial charge in [0.15, 0.2) is 0 Å². The molecule has 2 radical (unpaired) electrons. The Balaban J connectivity index is 2.85. The van der Waals surface area contributed by atoms with Crippen molar-refractivity contribution in [2.45, 2.75) is 98.9 Å². The minimum absolute atomic E-state index is 0.130. The van der Waals surface area contributed by atoms with Crippen LogP contribution in [0.15, 0.2) is 0 Å². The summed E-state index contributed by atoms with van der Waals surface area (Å²) in [5.41, 5.74) is 0. The van der Waals surface area contributed by atoms with Crippen molar-refractivity contribution in [3.05, 3.63) is 0 Å². The molecule has 0 nitrogen and oxygen atoms in total. The van der Waals surface area contributed by atoms with Gasteiger partial charge < -0.3 is 0 Å². The molecule has 102 valence electrons. The summed E-state index contributed by atoms with van der Waals surface area (Å²) in [6.45, 7) is 4.60. The van der Waals surface area contributed by atoms with Crippen LogP contribution in [0.3, 0.4) is 0 Å². The third-order valence-electron chi connectivity index (χ3n) is 3.41. The summed E-state index contributed by atoms with van der Waals surface area (Å²) >= 11 is -0.130. The molecule has 0 saturated carbocycles. The van der Waals surface area contributed by atoms with Crippen LogP contribution in [0.5, 0.6) is 0 Å². The van der Waals surface area contributed by atoms with Crippen molar-refractivity contribution < 1.29 is 0 Å². The first-order chi connectivity index (χ1) is 8.41. The number of hydrogen-bond acceptors (Lipinski definition) is 0. The molecule has 0 aliphatic rings. The van der Waals surface area contributed by atoms with Gasteiger partial charge in [0.25, 0.3) is 0 Å². The van der Waals surface area contributed by atoms with Gasteiger partial charge in [0.1, 0.15) is 0 Å². The van der Waals surface area contributed by atoms with Gasteiger partial charge in [-0.25, -0.2) is 0 Å². The van der Waals surface area contributed by atoms with Gasteiger partial charge in [-0.3, -0.25) is 0 Å². The monoisotopic (exact) mass is 434 g/mol. The van der Waals surface area contributed by atoms with E-state index in [1.165, 1.54) is 64.2 Å². The average Bonchev–Trinajstić information content (AvgIpc) is 2.35. The fourth-order valence-corrected chi connectivity index (χ4v) is 7.05. The molecule has 1 heteroatoms. The molecule has 0 aliphatic carbocycles. The second-order valence-corrected chi connectivity index (χ2v) is 11.1. The summed E-state index contributed by atoms with van der Waals surface area (Å²) in [4.78, 5) is 0. The Bertz CT molecular complexity index is 109. The Morgan fingerprint density at radius 2 is 0.824 bits per heavy atom. The van der Waals surface area contributed by atoms with Gasteiger partial charge in [0.2, 0.25) is 0 Å². The molecule has 0 aromatic carbocycles. The van der Waals surface area contributed by atoms with E-state index in [0.29, 0.717) is 0 Å². The summed E-state index contributed by atoms with van der Waals surface area (Å²) in [6, 6.07) is 0. The summed E-state index contributed by atoms with van der Waals surface area (Å²) in [5, 5.41) is 0. The topological polar surface area (TPSA) is 0 Å². The fourth-order valence-electron chi connectivity index (χ4n) is 2.19. The Morgan fingerprint density at radius 3 is 1.24 bits per heavy atom.